The molecule has 1 aliphatic rings. The Morgan fingerprint density at radius 3 is 3.00 bits per heavy atom. The molecule has 3 rings (SSSR count). The molecule has 1 unspecified atom stereocenters. The highest BCUT2D eigenvalue weighted by Gasteiger charge is 2.42. The topological polar surface area (TPSA) is 43.4 Å². The number of ether oxygens (including phenoxy) is 2. The van der Waals surface area contributed by atoms with Crippen LogP contribution in [0, 0.1) is 0 Å². The lowest BCUT2D eigenvalue weighted by Gasteiger charge is -2.30. The molecule has 0 spiro atoms. The average Bonchev–Trinajstić information content (AvgIpc) is 3.16. The van der Waals surface area contributed by atoms with Gasteiger partial charge >= 0.3 is 0 Å². The first-order chi connectivity index (χ1) is 10.3. The van der Waals surface area contributed by atoms with Gasteiger partial charge in [-0.05, 0) is 36.1 Å². The first kappa shape index (κ1) is 14.5. The van der Waals surface area contributed by atoms with Gasteiger partial charge in [0.25, 0.3) is 0 Å². The zero-order valence-electron chi connectivity index (χ0n) is 12.4. The Labute approximate surface area is 129 Å². The van der Waals surface area contributed by atoms with E-state index in [1.165, 1.54) is 11.1 Å². The number of aryl methyl sites for hydroxylation is 1. The molecule has 1 aliphatic carbocycles. The van der Waals surface area contributed by atoms with Crippen LogP contribution < -0.4 is 10.1 Å². The Morgan fingerprint density at radius 1 is 1.38 bits per heavy atom. The molecule has 5 heteroatoms. The van der Waals surface area contributed by atoms with Crippen LogP contribution in [0.4, 0.5) is 0 Å². The number of rotatable bonds is 6. The van der Waals surface area contributed by atoms with Crippen molar-refractivity contribution in [1.82, 2.24) is 10.3 Å². The number of fused-ring (bicyclic) bond motifs is 1. The molecule has 1 N–H and O–H groups in total. The number of methoxy groups -OCH3 is 2. The highest BCUT2D eigenvalue weighted by molar-refractivity contribution is 7.09. The molecule has 21 heavy (non-hydrogen) atoms. The molecule has 0 radical (unpaired) electrons. The third-order valence-corrected chi connectivity index (χ3v) is 5.01. The Morgan fingerprint density at radius 2 is 2.29 bits per heavy atom. The molecule has 1 heterocycles. The number of nitrogens with zero attached hydrogens (tertiary/aromatic N) is 1. The van der Waals surface area contributed by atoms with Crippen molar-refractivity contribution in [1.29, 1.82) is 0 Å². The normalized spacial score (nSPS) is 20.5. The molecule has 2 aromatic rings. The molecular weight excluding hydrogens is 284 g/mol. The summed E-state index contributed by atoms with van der Waals surface area (Å²) in [5, 5.41) is 6.82. The van der Waals surface area contributed by atoms with Gasteiger partial charge in [0.15, 0.2) is 0 Å². The van der Waals surface area contributed by atoms with Crippen LogP contribution in [0.1, 0.15) is 22.6 Å². The third kappa shape index (κ3) is 2.57. The van der Waals surface area contributed by atoms with Crippen LogP contribution in [-0.2, 0) is 16.7 Å². The Balaban J connectivity index is 2.02. The summed E-state index contributed by atoms with van der Waals surface area (Å²) in [6.07, 6.45) is 3.95. The fourth-order valence-electron chi connectivity index (χ4n) is 3.04. The maximum Gasteiger partial charge on any atom is 0.119 e. The number of thiazole rings is 1. The fraction of sp³-hybridized carbons (Fsp3) is 0.438. The molecule has 0 saturated carbocycles. The van der Waals surface area contributed by atoms with E-state index in [0.717, 1.165) is 30.1 Å². The zero-order valence-corrected chi connectivity index (χ0v) is 13.2. The van der Waals surface area contributed by atoms with E-state index in [1.807, 2.05) is 17.6 Å². The molecule has 0 amide bonds. The van der Waals surface area contributed by atoms with E-state index in [4.69, 9.17) is 9.47 Å². The number of aromatic nitrogens is 1. The number of benzene rings is 1. The molecule has 4 nitrogen and oxygen atoms in total. The predicted octanol–water partition coefficient (Wildman–Crippen LogP) is 2.58. The molecule has 112 valence electrons. The van der Waals surface area contributed by atoms with Crippen LogP contribution in [0.2, 0.25) is 0 Å². The third-order valence-electron chi connectivity index (χ3n) is 4.08. The minimum Gasteiger partial charge on any atom is -0.497 e. The van der Waals surface area contributed by atoms with Crippen molar-refractivity contribution < 1.29 is 9.47 Å². The van der Waals surface area contributed by atoms with Crippen molar-refractivity contribution in [2.24, 2.45) is 0 Å². The summed E-state index contributed by atoms with van der Waals surface area (Å²) in [4.78, 5) is 4.58. The van der Waals surface area contributed by atoms with E-state index in [1.54, 1.807) is 25.6 Å². The zero-order chi connectivity index (χ0) is 14.7. The lowest BCUT2D eigenvalue weighted by Crippen LogP contribution is -2.43. The summed E-state index contributed by atoms with van der Waals surface area (Å²) in [5.74, 6) is 0.894. The second kappa shape index (κ2) is 6.13. The summed E-state index contributed by atoms with van der Waals surface area (Å²) in [6.45, 7) is 1.49. The smallest absolute Gasteiger partial charge is 0.119 e. The molecular formula is C16H20N2O2S. The van der Waals surface area contributed by atoms with Crippen molar-refractivity contribution in [2.45, 2.75) is 18.4 Å². The average molecular weight is 304 g/mol. The van der Waals surface area contributed by atoms with Gasteiger partial charge in [-0.15, -0.1) is 11.3 Å². The quantitative estimate of drug-likeness (QED) is 0.833. The molecule has 0 fully saturated rings. The Kier molecular flexibility index (Phi) is 4.24. The van der Waals surface area contributed by atoms with Crippen LogP contribution in [0.3, 0.4) is 0 Å². The van der Waals surface area contributed by atoms with Gasteiger partial charge in [-0.3, -0.25) is 5.32 Å². The van der Waals surface area contributed by atoms with Crippen molar-refractivity contribution in [3.05, 3.63) is 45.9 Å². The monoisotopic (exact) mass is 304 g/mol. The van der Waals surface area contributed by atoms with Gasteiger partial charge in [0, 0.05) is 25.2 Å². The van der Waals surface area contributed by atoms with Crippen LogP contribution in [-0.4, -0.2) is 32.4 Å². The standard InChI is InChI=1S/C16H20N2O2S/c1-19-9-7-18-16(15-17-8-10-21-15)6-5-12-3-4-13(20-2)11-14(12)16/h3-4,8,10-11,18H,5-7,9H2,1-2H3. The Bertz CT molecular complexity index is 600. The van der Waals surface area contributed by atoms with Gasteiger partial charge < -0.3 is 9.47 Å². The summed E-state index contributed by atoms with van der Waals surface area (Å²) < 4.78 is 10.6. The SMILES string of the molecule is COCCNC1(c2nccs2)CCc2ccc(OC)cc21. The van der Waals surface area contributed by atoms with Crippen LogP contribution >= 0.6 is 11.3 Å². The van der Waals surface area contributed by atoms with Gasteiger partial charge in [0.2, 0.25) is 0 Å². The molecule has 0 saturated heterocycles. The van der Waals surface area contributed by atoms with E-state index in [0.29, 0.717) is 6.61 Å². The van der Waals surface area contributed by atoms with Crippen LogP contribution in [0.15, 0.2) is 29.8 Å². The van der Waals surface area contributed by atoms with Crippen LogP contribution in [0.25, 0.3) is 0 Å². The van der Waals surface area contributed by atoms with E-state index < -0.39 is 0 Å². The molecule has 0 bridgehead atoms. The number of hydrogen-bond acceptors (Lipinski definition) is 5. The first-order valence-electron chi connectivity index (χ1n) is 7.11. The summed E-state index contributed by atoms with van der Waals surface area (Å²) >= 11 is 1.70. The number of nitrogens with one attached hydrogen (secondary N) is 1. The summed E-state index contributed by atoms with van der Waals surface area (Å²) in [5.41, 5.74) is 2.44. The van der Waals surface area contributed by atoms with Crippen molar-refractivity contribution in [3.63, 3.8) is 0 Å². The first-order valence-corrected chi connectivity index (χ1v) is 7.99. The van der Waals surface area contributed by atoms with E-state index >= 15 is 0 Å². The van der Waals surface area contributed by atoms with Gasteiger partial charge in [-0.25, -0.2) is 4.98 Å². The minimum absolute atomic E-state index is 0.212. The minimum atomic E-state index is -0.212. The highest BCUT2D eigenvalue weighted by atomic mass is 32.1. The second-order valence-electron chi connectivity index (χ2n) is 5.19. The highest BCUT2D eigenvalue weighted by Crippen LogP contribution is 2.44. The largest absolute Gasteiger partial charge is 0.497 e. The second-order valence-corrected chi connectivity index (χ2v) is 6.08. The summed E-state index contributed by atoms with van der Waals surface area (Å²) in [6, 6.07) is 6.34. The molecule has 0 aliphatic heterocycles. The van der Waals surface area contributed by atoms with Gasteiger partial charge in [-0.1, -0.05) is 6.07 Å². The lowest BCUT2D eigenvalue weighted by atomic mass is 9.92. The van der Waals surface area contributed by atoms with Crippen molar-refractivity contribution in [3.8, 4) is 5.75 Å². The van der Waals surface area contributed by atoms with Gasteiger partial charge in [0.1, 0.15) is 10.8 Å². The maximum absolute atomic E-state index is 5.41. The fourth-order valence-corrected chi connectivity index (χ4v) is 3.89. The Hall–Kier alpha value is -1.43. The number of hydrogen-bond donors (Lipinski definition) is 1. The summed E-state index contributed by atoms with van der Waals surface area (Å²) in [7, 11) is 3.43. The molecule has 1 atom stereocenters. The van der Waals surface area contributed by atoms with E-state index in [-0.39, 0.29) is 5.54 Å². The van der Waals surface area contributed by atoms with Gasteiger partial charge in [-0.2, -0.15) is 0 Å². The van der Waals surface area contributed by atoms with Crippen molar-refractivity contribution in [2.75, 3.05) is 27.4 Å². The van der Waals surface area contributed by atoms with Gasteiger partial charge in [0.05, 0.1) is 19.3 Å². The predicted molar refractivity (Wildman–Crippen MR) is 84.1 cm³/mol. The van der Waals surface area contributed by atoms with E-state index in [9.17, 15) is 0 Å². The maximum atomic E-state index is 5.41. The lowest BCUT2D eigenvalue weighted by molar-refractivity contribution is 0.189. The van der Waals surface area contributed by atoms with E-state index in [2.05, 4.69) is 22.4 Å². The molecule has 1 aromatic heterocycles. The van der Waals surface area contributed by atoms with Crippen LogP contribution in [0.5, 0.6) is 5.75 Å². The molecule has 1 aromatic carbocycles. The van der Waals surface area contributed by atoms with Crippen molar-refractivity contribution >= 4 is 11.3 Å².